The molecule has 1 saturated heterocycles. The Labute approximate surface area is 132 Å². The van der Waals surface area contributed by atoms with Crippen molar-refractivity contribution >= 4 is 16.6 Å². The Hall–Kier alpha value is -1.52. The molecule has 2 heterocycles. The number of hydrogen-bond donors (Lipinski definition) is 2. The molecule has 0 unspecified atom stereocenters. The second-order valence-corrected chi connectivity index (χ2v) is 7.85. The van der Waals surface area contributed by atoms with Crippen LogP contribution in [0.25, 0.3) is 10.9 Å². The summed E-state index contributed by atoms with van der Waals surface area (Å²) in [6.07, 6.45) is 4.43. The summed E-state index contributed by atoms with van der Waals surface area (Å²) in [6, 6.07) is 8.60. The van der Waals surface area contributed by atoms with Crippen molar-refractivity contribution < 1.29 is 5.21 Å². The van der Waals surface area contributed by atoms with Crippen LogP contribution in [0.4, 0.5) is 5.69 Å². The van der Waals surface area contributed by atoms with Crippen molar-refractivity contribution in [3.63, 3.8) is 0 Å². The van der Waals surface area contributed by atoms with Crippen LogP contribution in [0.3, 0.4) is 0 Å². The summed E-state index contributed by atoms with van der Waals surface area (Å²) in [7, 11) is 2.23. The van der Waals surface area contributed by atoms with Crippen molar-refractivity contribution in [2.24, 2.45) is 0 Å². The van der Waals surface area contributed by atoms with E-state index in [2.05, 4.69) is 68.0 Å². The first kappa shape index (κ1) is 15.4. The van der Waals surface area contributed by atoms with Gasteiger partial charge in [-0.05, 0) is 71.2 Å². The van der Waals surface area contributed by atoms with Crippen molar-refractivity contribution in [3.8, 4) is 0 Å². The zero-order valence-electron chi connectivity index (χ0n) is 14.2. The molecule has 0 aliphatic carbocycles. The van der Waals surface area contributed by atoms with Crippen molar-refractivity contribution in [1.82, 2.24) is 9.47 Å². The standard InChI is InChI=1S/C18H27N3O/c1-17(2)11-15(12-18(3,4)20(17)5)21-9-8-13-6-7-14(19-22)10-16(13)21/h6-10,15,19,22H,11-12H2,1-5H3. The van der Waals surface area contributed by atoms with E-state index in [1.165, 1.54) is 10.9 Å². The number of benzene rings is 1. The number of rotatable bonds is 2. The molecule has 120 valence electrons. The fraction of sp³-hybridized carbons (Fsp3) is 0.556. The van der Waals surface area contributed by atoms with E-state index in [9.17, 15) is 5.21 Å². The van der Waals surface area contributed by atoms with Gasteiger partial charge in [-0.25, -0.2) is 0 Å². The van der Waals surface area contributed by atoms with Gasteiger partial charge in [0.25, 0.3) is 0 Å². The summed E-state index contributed by atoms with van der Waals surface area (Å²) < 4.78 is 2.38. The third kappa shape index (κ3) is 2.40. The molecule has 1 aliphatic rings. The molecule has 1 aromatic heterocycles. The number of aromatic nitrogens is 1. The Bertz CT molecular complexity index is 669. The highest BCUT2D eigenvalue weighted by atomic mass is 16.5. The van der Waals surface area contributed by atoms with Gasteiger partial charge in [-0.15, -0.1) is 0 Å². The minimum atomic E-state index is 0.163. The number of likely N-dealkylation sites (tertiary alicyclic amines) is 1. The summed E-state index contributed by atoms with van der Waals surface area (Å²) in [5.41, 5.74) is 4.50. The molecule has 22 heavy (non-hydrogen) atoms. The van der Waals surface area contributed by atoms with Crippen molar-refractivity contribution in [2.75, 3.05) is 12.5 Å². The third-order valence-electron chi connectivity index (χ3n) is 5.53. The lowest BCUT2D eigenvalue weighted by Gasteiger charge is -2.54. The van der Waals surface area contributed by atoms with Gasteiger partial charge in [-0.3, -0.25) is 15.6 Å². The van der Waals surface area contributed by atoms with Gasteiger partial charge in [0.15, 0.2) is 0 Å². The highest BCUT2D eigenvalue weighted by molar-refractivity contribution is 5.83. The Morgan fingerprint density at radius 3 is 2.32 bits per heavy atom. The predicted octanol–water partition coefficient (Wildman–Crippen LogP) is 4.27. The maximum atomic E-state index is 9.17. The van der Waals surface area contributed by atoms with Gasteiger partial charge < -0.3 is 4.57 Å². The minimum absolute atomic E-state index is 0.163. The van der Waals surface area contributed by atoms with Gasteiger partial charge in [0.2, 0.25) is 0 Å². The Kier molecular flexibility index (Phi) is 3.49. The molecular formula is C18H27N3O. The molecule has 1 aromatic carbocycles. The van der Waals surface area contributed by atoms with E-state index in [-0.39, 0.29) is 11.1 Å². The second-order valence-electron chi connectivity index (χ2n) is 7.85. The van der Waals surface area contributed by atoms with Crippen LogP contribution in [0.15, 0.2) is 30.5 Å². The van der Waals surface area contributed by atoms with E-state index in [0.29, 0.717) is 6.04 Å². The van der Waals surface area contributed by atoms with Gasteiger partial charge in [-0.1, -0.05) is 6.07 Å². The first-order chi connectivity index (χ1) is 10.2. The molecular weight excluding hydrogens is 274 g/mol. The Morgan fingerprint density at radius 1 is 1.09 bits per heavy atom. The number of anilines is 1. The van der Waals surface area contributed by atoms with Crippen LogP contribution in [0, 0.1) is 0 Å². The molecule has 0 amide bonds. The largest absolute Gasteiger partial charge is 0.344 e. The highest BCUT2D eigenvalue weighted by Gasteiger charge is 2.43. The fourth-order valence-electron chi connectivity index (χ4n) is 4.05. The van der Waals surface area contributed by atoms with Crippen molar-refractivity contribution in [2.45, 2.75) is 57.7 Å². The smallest absolute Gasteiger partial charge is 0.0623 e. The lowest BCUT2D eigenvalue weighted by molar-refractivity contribution is -0.0252. The van der Waals surface area contributed by atoms with Crippen LogP contribution >= 0.6 is 0 Å². The van der Waals surface area contributed by atoms with Gasteiger partial charge in [0.1, 0.15) is 0 Å². The molecule has 0 saturated carbocycles. The average molecular weight is 301 g/mol. The van der Waals surface area contributed by atoms with Gasteiger partial charge in [-0.2, -0.15) is 0 Å². The van der Waals surface area contributed by atoms with E-state index >= 15 is 0 Å². The number of hydrogen-bond acceptors (Lipinski definition) is 3. The second kappa shape index (κ2) is 5.00. The number of fused-ring (bicyclic) bond motifs is 1. The Morgan fingerprint density at radius 2 is 1.73 bits per heavy atom. The maximum Gasteiger partial charge on any atom is 0.0623 e. The molecule has 3 rings (SSSR count). The predicted molar refractivity (Wildman–Crippen MR) is 91.5 cm³/mol. The maximum absolute atomic E-state index is 9.17. The SMILES string of the molecule is CN1C(C)(C)CC(n2ccc3ccc(NO)cc32)CC1(C)C. The number of nitrogens with one attached hydrogen (secondary N) is 1. The molecule has 4 nitrogen and oxygen atoms in total. The van der Waals surface area contributed by atoms with Crippen LogP contribution in [-0.2, 0) is 0 Å². The summed E-state index contributed by atoms with van der Waals surface area (Å²) >= 11 is 0. The van der Waals surface area contributed by atoms with E-state index < -0.39 is 0 Å². The number of piperidine rings is 1. The quantitative estimate of drug-likeness (QED) is 0.814. The van der Waals surface area contributed by atoms with E-state index in [0.717, 1.165) is 18.5 Å². The zero-order chi connectivity index (χ0) is 16.1. The first-order valence-corrected chi connectivity index (χ1v) is 7.99. The van der Waals surface area contributed by atoms with Crippen LogP contribution < -0.4 is 5.48 Å². The molecule has 0 atom stereocenters. The molecule has 1 fully saturated rings. The van der Waals surface area contributed by atoms with Crippen molar-refractivity contribution in [3.05, 3.63) is 30.5 Å². The van der Waals surface area contributed by atoms with E-state index in [4.69, 9.17) is 0 Å². The molecule has 2 aromatic rings. The third-order valence-corrected chi connectivity index (χ3v) is 5.53. The first-order valence-electron chi connectivity index (χ1n) is 7.99. The van der Waals surface area contributed by atoms with Gasteiger partial charge in [0, 0.05) is 23.3 Å². The molecule has 2 N–H and O–H groups in total. The summed E-state index contributed by atoms with van der Waals surface area (Å²) in [5, 5.41) is 10.4. The highest BCUT2D eigenvalue weighted by Crippen LogP contribution is 2.43. The summed E-state index contributed by atoms with van der Waals surface area (Å²) in [6.45, 7) is 9.31. The molecule has 0 radical (unpaired) electrons. The lowest BCUT2D eigenvalue weighted by Crippen LogP contribution is -2.58. The van der Waals surface area contributed by atoms with Crippen LogP contribution in [0.1, 0.15) is 46.6 Å². The van der Waals surface area contributed by atoms with Gasteiger partial charge >= 0.3 is 0 Å². The average Bonchev–Trinajstić information content (AvgIpc) is 2.86. The summed E-state index contributed by atoms with van der Waals surface area (Å²) in [4.78, 5) is 2.50. The van der Waals surface area contributed by atoms with E-state index in [1.807, 2.05) is 12.1 Å². The topological polar surface area (TPSA) is 40.4 Å². The zero-order valence-corrected chi connectivity index (χ0v) is 14.2. The molecule has 0 bridgehead atoms. The normalized spacial score (nSPS) is 22.1. The molecule has 0 spiro atoms. The molecule has 4 heteroatoms. The summed E-state index contributed by atoms with van der Waals surface area (Å²) in [5.74, 6) is 0. The molecule has 1 aliphatic heterocycles. The van der Waals surface area contributed by atoms with Gasteiger partial charge in [0.05, 0.1) is 11.2 Å². The Balaban J connectivity index is 2.04. The minimum Gasteiger partial charge on any atom is -0.344 e. The van der Waals surface area contributed by atoms with Crippen LogP contribution in [0.5, 0.6) is 0 Å². The van der Waals surface area contributed by atoms with Crippen LogP contribution in [-0.4, -0.2) is 32.8 Å². The lowest BCUT2D eigenvalue weighted by atomic mass is 9.77. The van der Waals surface area contributed by atoms with Crippen molar-refractivity contribution in [1.29, 1.82) is 0 Å². The monoisotopic (exact) mass is 301 g/mol. The van der Waals surface area contributed by atoms with Crippen LogP contribution in [0.2, 0.25) is 0 Å². The van der Waals surface area contributed by atoms with E-state index in [1.54, 1.807) is 0 Å². The number of nitrogens with zero attached hydrogens (tertiary/aromatic N) is 2. The fourth-order valence-corrected chi connectivity index (χ4v) is 4.05.